The maximum atomic E-state index is 12.0. The second-order valence-corrected chi connectivity index (χ2v) is 4.77. The Morgan fingerprint density at radius 1 is 1.24 bits per heavy atom. The number of aromatic nitrogens is 2. The first-order valence-corrected chi connectivity index (χ1v) is 6.65. The van der Waals surface area contributed by atoms with Crippen molar-refractivity contribution < 1.29 is 9.21 Å². The van der Waals surface area contributed by atoms with Gasteiger partial charge in [-0.3, -0.25) is 9.48 Å². The molecule has 0 unspecified atom stereocenters. The molecule has 0 bridgehead atoms. The number of carbonyl (C=O) groups excluding carboxylic acids is 1. The second-order valence-electron chi connectivity index (χ2n) is 4.77. The molecule has 5 nitrogen and oxygen atoms in total. The number of hydrogen-bond donors (Lipinski definition) is 1. The largest absolute Gasteiger partial charge is 0.459 e. The Hall–Kier alpha value is -2.82. The molecule has 106 valence electrons. The van der Waals surface area contributed by atoms with Gasteiger partial charge in [-0.05, 0) is 18.6 Å². The summed E-state index contributed by atoms with van der Waals surface area (Å²) in [5.41, 5.74) is 1.96. The third-order valence-electron chi connectivity index (χ3n) is 3.14. The number of nitrogens with zero attached hydrogens (tertiary/aromatic N) is 2. The number of rotatable bonds is 4. The molecule has 21 heavy (non-hydrogen) atoms. The van der Waals surface area contributed by atoms with E-state index in [0.29, 0.717) is 18.1 Å². The van der Waals surface area contributed by atoms with Gasteiger partial charge in [-0.15, -0.1) is 0 Å². The highest BCUT2D eigenvalue weighted by molar-refractivity contribution is 6.02. The van der Waals surface area contributed by atoms with E-state index in [9.17, 15) is 4.79 Å². The lowest BCUT2D eigenvalue weighted by Gasteiger charge is -2.02. The lowest BCUT2D eigenvalue weighted by Crippen LogP contribution is -2.13. The average Bonchev–Trinajstić information content (AvgIpc) is 3.09. The molecule has 0 saturated heterocycles. The summed E-state index contributed by atoms with van der Waals surface area (Å²) in [6.07, 6.45) is 3.33. The van der Waals surface area contributed by atoms with E-state index >= 15 is 0 Å². The fourth-order valence-electron chi connectivity index (χ4n) is 2.07. The molecule has 0 aliphatic rings. The summed E-state index contributed by atoms with van der Waals surface area (Å²) in [6, 6.07) is 13.5. The van der Waals surface area contributed by atoms with Crippen LogP contribution in [0.5, 0.6) is 0 Å². The van der Waals surface area contributed by atoms with Crippen molar-refractivity contribution in [2.75, 3.05) is 5.32 Å². The number of furan rings is 1. The van der Waals surface area contributed by atoms with Crippen LogP contribution >= 0.6 is 0 Å². The molecule has 5 heteroatoms. The van der Waals surface area contributed by atoms with Gasteiger partial charge in [0, 0.05) is 17.8 Å². The smallest absolute Gasteiger partial charge is 0.292 e. The highest BCUT2D eigenvalue weighted by Crippen LogP contribution is 2.12. The number of hydrogen-bond acceptors (Lipinski definition) is 3. The van der Waals surface area contributed by atoms with Gasteiger partial charge in [0.25, 0.3) is 5.91 Å². The number of nitrogens with one attached hydrogen (secondary N) is 1. The van der Waals surface area contributed by atoms with Gasteiger partial charge in [0.2, 0.25) is 0 Å². The minimum Gasteiger partial charge on any atom is -0.459 e. The molecule has 0 aliphatic heterocycles. The molecule has 2 aromatic heterocycles. The van der Waals surface area contributed by atoms with E-state index in [1.54, 1.807) is 16.8 Å². The van der Waals surface area contributed by atoms with Gasteiger partial charge in [0.15, 0.2) is 11.6 Å². The van der Waals surface area contributed by atoms with E-state index in [4.69, 9.17) is 4.42 Å². The number of benzene rings is 1. The Kier molecular flexibility index (Phi) is 3.55. The quantitative estimate of drug-likeness (QED) is 0.799. The summed E-state index contributed by atoms with van der Waals surface area (Å²) in [6.45, 7) is 2.49. The van der Waals surface area contributed by atoms with Gasteiger partial charge in [-0.25, -0.2) is 0 Å². The third-order valence-corrected chi connectivity index (χ3v) is 3.14. The average molecular weight is 281 g/mol. The zero-order valence-electron chi connectivity index (χ0n) is 11.6. The minimum absolute atomic E-state index is 0.289. The van der Waals surface area contributed by atoms with Crippen molar-refractivity contribution in [2.45, 2.75) is 13.5 Å². The SMILES string of the molecule is Cc1ccoc1C(=O)Nc1ccn(Cc2ccccc2)n1. The maximum Gasteiger partial charge on any atom is 0.292 e. The van der Waals surface area contributed by atoms with Crippen LogP contribution in [0, 0.1) is 6.92 Å². The normalized spacial score (nSPS) is 10.5. The Bertz CT molecular complexity index is 744. The van der Waals surface area contributed by atoms with Crippen LogP contribution in [0.4, 0.5) is 5.82 Å². The molecule has 3 rings (SSSR count). The monoisotopic (exact) mass is 281 g/mol. The summed E-state index contributed by atoms with van der Waals surface area (Å²) in [7, 11) is 0. The van der Waals surface area contributed by atoms with E-state index in [2.05, 4.69) is 10.4 Å². The van der Waals surface area contributed by atoms with Crippen molar-refractivity contribution in [3.63, 3.8) is 0 Å². The standard InChI is InChI=1S/C16H15N3O2/c1-12-8-10-21-15(12)16(20)17-14-7-9-19(18-14)11-13-5-3-2-4-6-13/h2-10H,11H2,1H3,(H,17,18,20). The van der Waals surface area contributed by atoms with Crippen molar-refractivity contribution >= 4 is 11.7 Å². The molecule has 2 heterocycles. The zero-order chi connectivity index (χ0) is 14.7. The van der Waals surface area contributed by atoms with E-state index < -0.39 is 0 Å². The van der Waals surface area contributed by atoms with Crippen LogP contribution in [0.3, 0.4) is 0 Å². The van der Waals surface area contributed by atoms with Gasteiger partial charge >= 0.3 is 0 Å². The highest BCUT2D eigenvalue weighted by Gasteiger charge is 2.13. The van der Waals surface area contributed by atoms with Crippen molar-refractivity contribution in [1.82, 2.24) is 9.78 Å². The van der Waals surface area contributed by atoms with Crippen molar-refractivity contribution in [3.05, 3.63) is 71.8 Å². The number of amides is 1. The van der Waals surface area contributed by atoms with Gasteiger partial charge in [-0.2, -0.15) is 5.10 Å². The summed E-state index contributed by atoms with van der Waals surface area (Å²) < 4.78 is 6.93. The summed E-state index contributed by atoms with van der Waals surface area (Å²) in [4.78, 5) is 12.0. The Labute approximate surface area is 122 Å². The first kappa shape index (κ1) is 13.2. The van der Waals surface area contributed by atoms with Crippen molar-refractivity contribution in [1.29, 1.82) is 0 Å². The van der Waals surface area contributed by atoms with Crippen LogP contribution in [0.2, 0.25) is 0 Å². The predicted octanol–water partition coefficient (Wildman–Crippen LogP) is 3.09. The van der Waals surface area contributed by atoms with Gasteiger partial charge in [0.05, 0.1) is 12.8 Å². The first-order valence-electron chi connectivity index (χ1n) is 6.65. The number of aryl methyl sites for hydroxylation is 1. The van der Waals surface area contributed by atoms with E-state index in [1.165, 1.54) is 6.26 Å². The molecule has 0 fully saturated rings. The lowest BCUT2D eigenvalue weighted by atomic mass is 10.2. The van der Waals surface area contributed by atoms with Crippen LogP contribution in [-0.2, 0) is 6.54 Å². The molecule has 3 aromatic rings. The maximum absolute atomic E-state index is 12.0. The molecule has 1 amide bonds. The van der Waals surface area contributed by atoms with Crippen LogP contribution in [0.15, 0.2) is 59.3 Å². The fraction of sp³-hybridized carbons (Fsp3) is 0.125. The molecular formula is C16H15N3O2. The minimum atomic E-state index is -0.289. The van der Waals surface area contributed by atoms with E-state index in [1.807, 2.05) is 43.5 Å². The topological polar surface area (TPSA) is 60.1 Å². The Balaban J connectivity index is 1.68. The van der Waals surface area contributed by atoms with Gasteiger partial charge in [0.1, 0.15) is 0 Å². The second kappa shape index (κ2) is 5.66. The Morgan fingerprint density at radius 3 is 2.76 bits per heavy atom. The molecule has 0 saturated carbocycles. The van der Waals surface area contributed by atoms with E-state index in [0.717, 1.165) is 11.1 Å². The van der Waals surface area contributed by atoms with Crippen LogP contribution < -0.4 is 5.32 Å². The van der Waals surface area contributed by atoms with Crippen molar-refractivity contribution in [3.8, 4) is 0 Å². The molecule has 1 aromatic carbocycles. The zero-order valence-corrected chi connectivity index (χ0v) is 11.6. The van der Waals surface area contributed by atoms with Gasteiger partial charge < -0.3 is 9.73 Å². The van der Waals surface area contributed by atoms with Crippen LogP contribution in [0.1, 0.15) is 21.7 Å². The molecule has 0 aliphatic carbocycles. The summed E-state index contributed by atoms with van der Waals surface area (Å²) in [5, 5.41) is 7.05. The highest BCUT2D eigenvalue weighted by atomic mass is 16.3. The molecule has 1 N–H and O–H groups in total. The van der Waals surface area contributed by atoms with Crippen molar-refractivity contribution in [2.24, 2.45) is 0 Å². The molecule has 0 atom stereocenters. The predicted molar refractivity (Wildman–Crippen MR) is 79.2 cm³/mol. The molecule has 0 spiro atoms. The molecular weight excluding hydrogens is 266 g/mol. The summed E-state index contributed by atoms with van der Waals surface area (Å²) in [5.74, 6) is 0.529. The number of anilines is 1. The molecule has 0 radical (unpaired) electrons. The van der Waals surface area contributed by atoms with Gasteiger partial charge in [-0.1, -0.05) is 30.3 Å². The summed E-state index contributed by atoms with van der Waals surface area (Å²) >= 11 is 0. The fourth-order valence-corrected chi connectivity index (χ4v) is 2.07. The van der Waals surface area contributed by atoms with E-state index in [-0.39, 0.29) is 5.91 Å². The lowest BCUT2D eigenvalue weighted by molar-refractivity contribution is 0.0995. The van der Waals surface area contributed by atoms with Crippen LogP contribution in [0.25, 0.3) is 0 Å². The third kappa shape index (κ3) is 3.02. The number of carbonyl (C=O) groups is 1. The van der Waals surface area contributed by atoms with Crippen LogP contribution in [-0.4, -0.2) is 15.7 Å². The Morgan fingerprint density at radius 2 is 2.05 bits per heavy atom. The first-order chi connectivity index (χ1) is 10.2.